The van der Waals surface area contributed by atoms with Crippen molar-refractivity contribution in [1.82, 2.24) is 4.72 Å². The van der Waals surface area contributed by atoms with Crippen molar-refractivity contribution in [3.8, 4) is 11.5 Å². The molecule has 0 saturated carbocycles. The van der Waals surface area contributed by atoms with Gasteiger partial charge in [-0.05, 0) is 30.2 Å². The van der Waals surface area contributed by atoms with Crippen LogP contribution in [0.2, 0.25) is 0 Å². The zero-order valence-electron chi connectivity index (χ0n) is 17.2. The molecule has 30 heavy (non-hydrogen) atoms. The molecule has 2 rings (SSSR count). The van der Waals surface area contributed by atoms with Gasteiger partial charge in [0.15, 0.2) is 6.61 Å². The molecule has 0 bridgehead atoms. The topological polar surface area (TPSA) is 108 Å². The Morgan fingerprint density at radius 1 is 1.00 bits per heavy atom. The van der Waals surface area contributed by atoms with Gasteiger partial charge in [-0.25, -0.2) is 8.42 Å². The van der Waals surface area contributed by atoms with Crippen LogP contribution in [0.3, 0.4) is 0 Å². The van der Waals surface area contributed by atoms with Crippen molar-refractivity contribution in [2.75, 3.05) is 20.8 Å². The summed E-state index contributed by atoms with van der Waals surface area (Å²) in [5.41, 5.74) is 0.220. The molecular weight excluding hydrogens is 410 g/mol. The number of carbonyl (C=O) groups is 2. The van der Waals surface area contributed by atoms with Gasteiger partial charge < -0.3 is 14.2 Å². The maximum absolute atomic E-state index is 12.5. The van der Waals surface area contributed by atoms with E-state index in [0.29, 0.717) is 5.75 Å². The Hall–Kier alpha value is -2.91. The first kappa shape index (κ1) is 23.4. The largest absolute Gasteiger partial charge is 0.497 e. The summed E-state index contributed by atoms with van der Waals surface area (Å²) < 4.78 is 42.8. The summed E-state index contributed by atoms with van der Waals surface area (Å²) in [7, 11) is -1.03. The fraction of sp³-hybridized carbons (Fsp3) is 0.333. The Morgan fingerprint density at radius 3 is 2.23 bits per heavy atom. The zero-order valence-corrected chi connectivity index (χ0v) is 18.1. The number of Topliss-reactive ketones (excluding diaryl/α,β-unsaturated/α-hetero) is 1. The van der Waals surface area contributed by atoms with Gasteiger partial charge in [-0.1, -0.05) is 32.0 Å². The third-order valence-electron chi connectivity index (χ3n) is 4.31. The Morgan fingerprint density at radius 2 is 1.67 bits per heavy atom. The van der Waals surface area contributed by atoms with Gasteiger partial charge in [0.2, 0.25) is 15.8 Å². The average Bonchev–Trinajstić information content (AvgIpc) is 2.75. The van der Waals surface area contributed by atoms with Gasteiger partial charge in [-0.3, -0.25) is 9.59 Å². The number of esters is 1. The van der Waals surface area contributed by atoms with Crippen molar-refractivity contribution in [3.63, 3.8) is 0 Å². The summed E-state index contributed by atoms with van der Waals surface area (Å²) in [6, 6.07) is 11.2. The molecule has 0 fully saturated rings. The van der Waals surface area contributed by atoms with Gasteiger partial charge in [0.05, 0.1) is 24.7 Å². The fourth-order valence-corrected chi connectivity index (χ4v) is 3.98. The molecule has 0 saturated heterocycles. The zero-order chi connectivity index (χ0) is 22.3. The molecule has 0 heterocycles. The lowest BCUT2D eigenvalue weighted by atomic mass is 10.1. The predicted octanol–water partition coefficient (Wildman–Crippen LogP) is 2.43. The van der Waals surface area contributed by atoms with Crippen molar-refractivity contribution in [2.45, 2.75) is 24.8 Å². The highest BCUT2D eigenvalue weighted by molar-refractivity contribution is 7.89. The minimum atomic E-state index is -3.93. The number of hydrogen-bond donors (Lipinski definition) is 1. The number of nitrogens with one attached hydrogen (secondary N) is 1. The minimum absolute atomic E-state index is 0.0301. The fourth-order valence-electron chi connectivity index (χ4n) is 2.62. The number of ketones is 1. The molecule has 2 aromatic carbocycles. The van der Waals surface area contributed by atoms with Crippen molar-refractivity contribution < 1.29 is 32.2 Å². The van der Waals surface area contributed by atoms with E-state index in [-0.39, 0.29) is 16.2 Å². The molecule has 0 aliphatic rings. The van der Waals surface area contributed by atoms with Crippen molar-refractivity contribution in [3.05, 3.63) is 54.1 Å². The van der Waals surface area contributed by atoms with Crippen molar-refractivity contribution >= 4 is 21.8 Å². The van der Waals surface area contributed by atoms with Crippen LogP contribution in [0.15, 0.2) is 53.4 Å². The van der Waals surface area contributed by atoms with Crippen molar-refractivity contribution in [2.24, 2.45) is 5.92 Å². The summed E-state index contributed by atoms with van der Waals surface area (Å²) in [5, 5.41) is 0. The van der Waals surface area contributed by atoms with Crippen LogP contribution in [0.5, 0.6) is 11.5 Å². The van der Waals surface area contributed by atoms with Crippen LogP contribution in [0.4, 0.5) is 0 Å². The number of sulfonamides is 1. The van der Waals surface area contributed by atoms with E-state index in [1.807, 2.05) is 0 Å². The van der Waals surface area contributed by atoms with Gasteiger partial charge in [0, 0.05) is 6.07 Å². The summed E-state index contributed by atoms with van der Waals surface area (Å²) in [4.78, 5) is 25.1. The Balaban J connectivity index is 2.10. The van der Waals surface area contributed by atoms with E-state index in [4.69, 9.17) is 14.2 Å². The van der Waals surface area contributed by atoms with E-state index in [2.05, 4.69) is 4.72 Å². The molecule has 9 heteroatoms. The highest BCUT2D eigenvalue weighted by atomic mass is 32.2. The summed E-state index contributed by atoms with van der Waals surface area (Å²) >= 11 is 0. The molecule has 2 aromatic rings. The monoisotopic (exact) mass is 435 g/mol. The molecule has 162 valence electrons. The maximum atomic E-state index is 12.5. The molecule has 0 radical (unpaired) electrons. The second-order valence-electron chi connectivity index (χ2n) is 6.75. The van der Waals surface area contributed by atoms with Gasteiger partial charge in [-0.2, -0.15) is 4.72 Å². The van der Waals surface area contributed by atoms with E-state index < -0.39 is 40.3 Å². The molecule has 0 aliphatic carbocycles. The number of benzene rings is 2. The minimum Gasteiger partial charge on any atom is -0.497 e. The van der Waals surface area contributed by atoms with Crippen LogP contribution in [-0.2, 0) is 19.6 Å². The molecule has 1 atom stereocenters. The lowest BCUT2D eigenvalue weighted by molar-refractivity contribution is -0.145. The van der Waals surface area contributed by atoms with E-state index in [0.717, 1.165) is 0 Å². The van der Waals surface area contributed by atoms with E-state index in [1.54, 1.807) is 44.2 Å². The highest BCUT2D eigenvalue weighted by Gasteiger charge is 2.30. The number of carbonyl (C=O) groups excluding carboxylic acids is 2. The third-order valence-corrected chi connectivity index (χ3v) is 5.77. The first-order valence-electron chi connectivity index (χ1n) is 9.19. The maximum Gasteiger partial charge on any atom is 0.324 e. The number of rotatable bonds is 10. The average molecular weight is 435 g/mol. The molecule has 0 aliphatic heterocycles. The second kappa shape index (κ2) is 10.2. The molecule has 1 N–H and O–H groups in total. The smallest absolute Gasteiger partial charge is 0.324 e. The van der Waals surface area contributed by atoms with Gasteiger partial charge in [0.25, 0.3) is 0 Å². The Labute approximate surface area is 176 Å². The second-order valence-corrected chi connectivity index (χ2v) is 8.47. The number of methoxy groups -OCH3 is 2. The van der Waals surface area contributed by atoms with Crippen LogP contribution < -0.4 is 14.2 Å². The first-order valence-corrected chi connectivity index (χ1v) is 10.7. The van der Waals surface area contributed by atoms with Gasteiger partial charge in [-0.15, -0.1) is 0 Å². The van der Waals surface area contributed by atoms with Crippen LogP contribution in [0.1, 0.15) is 24.2 Å². The highest BCUT2D eigenvalue weighted by Crippen LogP contribution is 2.25. The molecule has 8 nitrogen and oxygen atoms in total. The quantitative estimate of drug-likeness (QED) is 0.451. The first-order chi connectivity index (χ1) is 14.2. The lowest BCUT2D eigenvalue weighted by Crippen LogP contribution is -2.45. The van der Waals surface area contributed by atoms with Crippen LogP contribution in [0.25, 0.3) is 0 Å². The Bertz CT molecular complexity index is 988. The van der Waals surface area contributed by atoms with E-state index >= 15 is 0 Å². The molecule has 0 unspecified atom stereocenters. The van der Waals surface area contributed by atoms with Crippen LogP contribution in [-0.4, -0.2) is 47.0 Å². The SMILES string of the molecule is COc1ccc(C(=O)COC(=O)[C@@H](NS(=O)(=O)c2ccccc2)C(C)C)c(OC)c1. The normalized spacial score (nSPS) is 12.3. The van der Waals surface area contributed by atoms with E-state index in [9.17, 15) is 18.0 Å². The Kier molecular flexibility index (Phi) is 7.96. The summed E-state index contributed by atoms with van der Waals surface area (Å²) in [6.45, 7) is 2.79. The predicted molar refractivity (Wildman–Crippen MR) is 110 cm³/mol. The number of ether oxygens (including phenoxy) is 3. The van der Waals surface area contributed by atoms with Crippen molar-refractivity contribution in [1.29, 1.82) is 0 Å². The third kappa shape index (κ3) is 5.80. The summed E-state index contributed by atoms with van der Waals surface area (Å²) in [6.07, 6.45) is 0. The van der Waals surface area contributed by atoms with Gasteiger partial charge in [0.1, 0.15) is 17.5 Å². The van der Waals surface area contributed by atoms with Gasteiger partial charge >= 0.3 is 5.97 Å². The molecule has 0 spiro atoms. The lowest BCUT2D eigenvalue weighted by Gasteiger charge is -2.20. The molecular formula is C21H25NO7S. The number of hydrogen-bond acceptors (Lipinski definition) is 7. The van der Waals surface area contributed by atoms with Crippen LogP contribution >= 0.6 is 0 Å². The standard InChI is InChI=1S/C21H25NO7S/c1-14(2)20(22-30(25,26)16-8-6-5-7-9-16)21(24)29-13-18(23)17-11-10-15(27-3)12-19(17)28-4/h5-12,14,20,22H,13H2,1-4H3/t20-/m0/s1. The van der Waals surface area contributed by atoms with E-state index in [1.165, 1.54) is 32.4 Å². The van der Waals surface area contributed by atoms with Crippen LogP contribution in [0, 0.1) is 5.92 Å². The molecule has 0 amide bonds. The molecule has 0 aromatic heterocycles. The summed E-state index contributed by atoms with van der Waals surface area (Å²) in [5.74, 6) is -0.945.